The molecule has 4 aromatic rings. The monoisotopic (exact) mass is 511 g/mol. The summed E-state index contributed by atoms with van der Waals surface area (Å²) in [5, 5.41) is 13.0. The van der Waals surface area contributed by atoms with Gasteiger partial charge in [-0.1, -0.05) is 71.9 Å². The van der Waals surface area contributed by atoms with Crippen LogP contribution in [0.5, 0.6) is 5.75 Å². The average molecular weight is 512 g/mol. The quantitative estimate of drug-likeness (QED) is 0.212. The molecule has 10 heteroatoms. The summed E-state index contributed by atoms with van der Waals surface area (Å²) in [5.41, 5.74) is 1.90. The molecule has 2 heterocycles. The van der Waals surface area contributed by atoms with Crippen LogP contribution >= 0.6 is 34.7 Å². The summed E-state index contributed by atoms with van der Waals surface area (Å²) in [5.74, 6) is 1.19. The highest BCUT2D eigenvalue weighted by atomic mass is 35.5. The molecule has 1 amide bonds. The number of aromatic nitrogens is 4. The first kappa shape index (κ1) is 24.0. The van der Waals surface area contributed by atoms with Crippen LogP contribution in [0.25, 0.3) is 11.3 Å². The number of rotatable bonds is 10. The van der Waals surface area contributed by atoms with Gasteiger partial charge in [0.1, 0.15) is 12.4 Å². The number of nitrogens with zero attached hydrogens (tertiary/aromatic N) is 4. The van der Waals surface area contributed by atoms with Crippen molar-refractivity contribution in [3.63, 3.8) is 0 Å². The number of amides is 1. The standard InChI is InChI=1S/C24H22ClN5O2S2/c1-3-13-30-20(14-32-19-12-8-7-11-18(19)25)28-29-24(30)33-15-21(31)26-23-27-22(16(2)34-23)17-9-5-4-6-10-17/h3-12H,1,13-15H2,2H3,(H,26,27,31). The fourth-order valence-corrected chi connectivity index (χ4v) is 4.96. The van der Waals surface area contributed by atoms with Gasteiger partial charge in [0.25, 0.3) is 0 Å². The highest BCUT2D eigenvalue weighted by molar-refractivity contribution is 7.99. The SMILES string of the molecule is C=CCn1c(COc2ccccc2Cl)nnc1SCC(=O)Nc1nc(-c2ccccc2)c(C)s1. The van der Waals surface area contributed by atoms with Gasteiger partial charge < -0.3 is 10.1 Å². The molecule has 0 atom stereocenters. The highest BCUT2D eigenvalue weighted by Gasteiger charge is 2.16. The Balaban J connectivity index is 1.38. The van der Waals surface area contributed by atoms with E-state index in [1.54, 1.807) is 18.2 Å². The number of nitrogens with one attached hydrogen (secondary N) is 1. The molecule has 0 aliphatic heterocycles. The zero-order valence-electron chi connectivity index (χ0n) is 18.4. The maximum Gasteiger partial charge on any atom is 0.236 e. The number of thiazole rings is 1. The van der Waals surface area contributed by atoms with Crippen LogP contribution in [0.3, 0.4) is 0 Å². The topological polar surface area (TPSA) is 81.9 Å². The molecule has 0 aliphatic rings. The molecular formula is C24H22ClN5O2S2. The minimum Gasteiger partial charge on any atom is -0.484 e. The van der Waals surface area contributed by atoms with Gasteiger partial charge in [0.15, 0.2) is 16.1 Å². The van der Waals surface area contributed by atoms with E-state index < -0.39 is 0 Å². The van der Waals surface area contributed by atoms with E-state index in [4.69, 9.17) is 16.3 Å². The Kier molecular flexibility index (Phi) is 7.99. The third kappa shape index (κ3) is 5.85. The normalized spacial score (nSPS) is 10.8. The Labute approximate surface area is 210 Å². The van der Waals surface area contributed by atoms with Crippen LogP contribution in [-0.4, -0.2) is 31.4 Å². The van der Waals surface area contributed by atoms with Crippen molar-refractivity contribution in [2.75, 3.05) is 11.1 Å². The molecule has 0 saturated heterocycles. The van der Waals surface area contributed by atoms with Crippen LogP contribution < -0.4 is 10.1 Å². The third-order valence-electron chi connectivity index (χ3n) is 4.72. The van der Waals surface area contributed by atoms with Crippen molar-refractivity contribution in [2.24, 2.45) is 0 Å². The number of benzene rings is 2. The second-order valence-corrected chi connectivity index (χ2v) is 9.70. The minimum absolute atomic E-state index is 0.166. The van der Waals surface area contributed by atoms with Gasteiger partial charge in [0.05, 0.1) is 16.5 Å². The fraction of sp³-hybridized carbons (Fsp3) is 0.167. The second-order valence-electron chi connectivity index (χ2n) is 7.14. The highest BCUT2D eigenvalue weighted by Crippen LogP contribution is 2.30. The maximum absolute atomic E-state index is 12.6. The number of para-hydroxylation sites is 1. The average Bonchev–Trinajstić information content (AvgIpc) is 3.40. The summed E-state index contributed by atoms with van der Waals surface area (Å²) in [6, 6.07) is 17.1. The molecule has 174 valence electrons. The number of anilines is 1. The van der Waals surface area contributed by atoms with E-state index in [0.29, 0.717) is 33.4 Å². The van der Waals surface area contributed by atoms with E-state index in [1.807, 2.05) is 54.0 Å². The van der Waals surface area contributed by atoms with E-state index in [1.165, 1.54) is 23.1 Å². The zero-order chi connectivity index (χ0) is 23.9. The first-order valence-electron chi connectivity index (χ1n) is 10.4. The number of carbonyl (C=O) groups is 1. The summed E-state index contributed by atoms with van der Waals surface area (Å²) in [7, 11) is 0. The van der Waals surface area contributed by atoms with E-state index in [9.17, 15) is 4.79 Å². The molecular weight excluding hydrogens is 490 g/mol. The van der Waals surface area contributed by atoms with Crippen molar-refractivity contribution < 1.29 is 9.53 Å². The molecule has 0 unspecified atom stereocenters. The molecule has 34 heavy (non-hydrogen) atoms. The van der Waals surface area contributed by atoms with Crippen molar-refractivity contribution >= 4 is 45.7 Å². The number of allylic oxidation sites excluding steroid dienone is 1. The summed E-state index contributed by atoms with van der Waals surface area (Å²) >= 11 is 8.90. The van der Waals surface area contributed by atoms with Gasteiger partial charge in [-0.05, 0) is 19.1 Å². The van der Waals surface area contributed by atoms with Crippen molar-refractivity contribution in [1.82, 2.24) is 19.7 Å². The molecule has 0 spiro atoms. The van der Waals surface area contributed by atoms with Gasteiger partial charge >= 0.3 is 0 Å². The van der Waals surface area contributed by atoms with Gasteiger partial charge in [-0.25, -0.2) is 4.98 Å². The van der Waals surface area contributed by atoms with Gasteiger partial charge in [-0.2, -0.15) is 0 Å². The molecule has 2 aromatic heterocycles. The van der Waals surface area contributed by atoms with Crippen molar-refractivity contribution in [1.29, 1.82) is 0 Å². The lowest BCUT2D eigenvalue weighted by Crippen LogP contribution is -2.15. The number of carbonyl (C=O) groups excluding carboxylic acids is 1. The van der Waals surface area contributed by atoms with Crippen LogP contribution in [-0.2, 0) is 17.9 Å². The van der Waals surface area contributed by atoms with Crippen LogP contribution in [0, 0.1) is 6.92 Å². The summed E-state index contributed by atoms with van der Waals surface area (Å²) < 4.78 is 7.66. The van der Waals surface area contributed by atoms with Crippen molar-refractivity contribution in [2.45, 2.75) is 25.2 Å². The smallest absolute Gasteiger partial charge is 0.236 e. The number of halogens is 1. The Hall–Kier alpha value is -3.14. The number of hydrogen-bond acceptors (Lipinski definition) is 7. The molecule has 0 fully saturated rings. The summed E-state index contributed by atoms with van der Waals surface area (Å²) in [6.07, 6.45) is 1.75. The largest absolute Gasteiger partial charge is 0.484 e. The second kappa shape index (κ2) is 11.3. The Morgan fingerprint density at radius 2 is 1.97 bits per heavy atom. The molecule has 0 bridgehead atoms. The first-order valence-corrected chi connectivity index (χ1v) is 12.6. The number of aryl methyl sites for hydroxylation is 1. The minimum atomic E-state index is -0.166. The fourth-order valence-electron chi connectivity index (χ4n) is 3.15. The summed E-state index contributed by atoms with van der Waals surface area (Å²) in [6.45, 7) is 6.48. The zero-order valence-corrected chi connectivity index (χ0v) is 20.8. The Bertz CT molecular complexity index is 1290. The Morgan fingerprint density at radius 1 is 1.21 bits per heavy atom. The van der Waals surface area contributed by atoms with Crippen LogP contribution in [0.15, 0.2) is 72.4 Å². The molecule has 7 nitrogen and oxygen atoms in total. The van der Waals surface area contributed by atoms with Gasteiger partial charge in [0.2, 0.25) is 5.91 Å². The van der Waals surface area contributed by atoms with Crippen LogP contribution in [0.1, 0.15) is 10.7 Å². The van der Waals surface area contributed by atoms with Gasteiger partial charge in [-0.3, -0.25) is 9.36 Å². The van der Waals surface area contributed by atoms with Crippen molar-refractivity contribution in [3.05, 3.63) is 83.0 Å². The number of ether oxygens (including phenoxy) is 1. The first-order chi connectivity index (χ1) is 16.5. The van der Waals surface area contributed by atoms with E-state index >= 15 is 0 Å². The lowest BCUT2D eigenvalue weighted by atomic mass is 10.1. The van der Waals surface area contributed by atoms with Crippen LogP contribution in [0.4, 0.5) is 5.13 Å². The molecule has 1 N–H and O–H groups in total. The maximum atomic E-state index is 12.6. The number of thioether (sulfide) groups is 1. The Morgan fingerprint density at radius 3 is 2.74 bits per heavy atom. The third-order valence-corrected chi connectivity index (χ3v) is 6.89. The van der Waals surface area contributed by atoms with E-state index in [2.05, 4.69) is 27.1 Å². The molecule has 0 saturated carbocycles. The van der Waals surface area contributed by atoms with Gasteiger partial charge in [-0.15, -0.1) is 28.1 Å². The summed E-state index contributed by atoms with van der Waals surface area (Å²) in [4.78, 5) is 18.2. The van der Waals surface area contributed by atoms with E-state index in [0.717, 1.165) is 16.1 Å². The van der Waals surface area contributed by atoms with Crippen molar-refractivity contribution in [3.8, 4) is 17.0 Å². The lowest BCUT2D eigenvalue weighted by Gasteiger charge is -2.10. The predicted octanol–water partition coefficient (Wildman–Crippen LogP) is 5.86. The molecule has 0 aliphatic carbocycles. The predicted molar refractivity (Wildman–Crippen MR) is 138 cm³/mol. The molecule has 4 rings (SSSR count). The van der Waals surface area contributed by atoms with Crippen LogP contribution in [0.2, 0.25) is 5.02 Å². The molecule has 2 aromatic carbocycles. The van der Waals surface area contributed by atoms with E-state index in [-0.39, 0.29) is 18.3 Å². The molecule has 0 radical (unpaired) electrons. The lowest BCUT2D eigenvalue weighted by molar-refractivity contribution is -0.113. The van der Waals surface area contributed by atoms with Gasteiger partial charge in [0, 0.05) is 17.0 Å². The number of hydrogen-bond donors (Lipinski definition) is 1.